The van der Waals surface area contributed by atoms with Crippen molar-refractivity contribution >= 4 is 16.8 Å². The molecule has 0 saturated carbocycles. The molecule has 0 amide bonds. The summed E-state index contributed by atoms with van der Waals surface area (Å²) in [6, 6.07) is 12.3. The van der Waals surface area contributed by atoms with Crippen LogP contribution in [0.25, 0.3) is 0 Å². The van der Waals surface area contributed by atoms with Gasteiger partial charge in [-0.2, -0.15) is 0 Å². The first kappa shape index (κ1) is 14.5. The van der Waals surface area contributed by atoms with Gasteiger partial charge in [0, 0.05) is 4.90 Å². The lowest BCUT2D eigenvalue weighted by molar-refractivity contribution is 0.0696. The van der Waals surface area contributed by atoms with E-state index >= 15 is 0 Å². The van der Waals surface area contributed by atoms with E-state index in [4.69, 9.17) is 5.11 Å². The second-order valence-corrected chi connectivity index (χ2v) is 6.14. The summed E-state index contributed by atoms with van der Waals surface area (Å²) in [6.07, 6.45) is 0. The van der Waals surface area contributed by atoms with Gasteiger partial charge in [-0.05, 0) is 48.7 Å². The summed E-state index contributed by atoms with van der Waals surface area (Å²) in [5.74, 6) is -0.599. The van der Waals surface area contributed by atoms with Gasteiger partial charge in [-0.3, -0.25) is 4.21 Å². The average Bonchev–Trinajstić information content (AvgIpc) is 2.43. The molecule has 0 fully saturated rings. The van der Waals surface area contributed by atoms with E-state index in [0.29, 0.717) is 10.6 Å². The number of carboxylic acid groups (broad SMARTS) is 1. The first-order valence-electron chi connectivity index (χ1n) is 6.26. The van der Waals surface area contributed by atoms with Crippen molar-refractivity contribution in [2.45, 2.75) is 24.5 Å². The Balaban J connectivity index is 2.29. The second kappa shape index (κ2) is 6.01. The quantitative estimate of drug-likeness (QED) is 0.939. The molecule has 0 bridgehead atoms. The van der Waals surface area contributed by atoms with E-state index in [1.807, 2.05) is 32.0 Å². The smallest absolute Gasteiger partial charge is 0.335 e. The predicted octanol–water partition coefficient (Wildman–Crippen LogP) is 3.31. The minimum Gasteiger partial charge on any atom is -0.478 e. The fraction of sp³-hybridized carbons (Fsp3) is 0.188. The van der Waals surface area contributed by atoms with Gasteiger partial charge in [0.15, 0.2) is 0 Å². The summed E-state index contributed by atoms with van der Waals surface area (Å²) in [6.45, 7) is 3.99. The summed E-state index contributed by atoms with van der Waals surface area (Å²) in [5, 5.41) is 8.97. The lowest BCUT2D eigenvalue weighted by Gasteiger charge is -2.09. The van der Waals surface area contributed by atoms with E-state index in [2.05, 4.69) is 0 Å². The Kier molecular flexibility index (Phi) is 4.35. The molecule has 1 N–H and O–H groups in total. The molecular weight excluding hydrogens is 272 g/mol. The maximum Gasteiger partial charge on any atom is 0.335 e. The molecule has 0 saturated heterocycles. The fourth-order valence-electron chi connectivity index (χ4n) is 2.06. The van der Waals surface area contributed by atoms with Crippen LogP contribution >= 0.6 is 0 Å². The van der Waals surface area contributed by atoms with Crippen LogP contribution in [0.15, 0.2) is 47.4 Å². The van der Waals surface area contributed by atoms with E-state index in [9.17, 15) is 9.00 Å². The summed E-state index contributed by atoms with van der Waals surface area (Å²) in [7, 11) is -1.25. The Hall–Kier alpha value is -1.94. The van der Waals surface area contributed by atoms with E-state index in [1.165, 1.54) is 12.1 Å². The van der Waals surface area contributed by atoms with E-state index < -0.39 is 16.8 Å². The highest BCUT2D eigenvalue weighted by Crippen LogP contribution is 2.19. The number of aromatic carboxylic acids is 1. The highest BCUT2D eigenvalue weighted by Gasteiger charge is 2.11. The molecule has 2 aromatic rings. The Morgan fingerprint density at radius 1 is 1.10 bits per heavy atom. The fourth-order valence-corrected chi connectivity index (χ4v) is 3.43. The minimum atomic E-state index is -1.25. The Labute approximate surface area is 120 Å². The molecular formula is C16H16O3S. The van der Waals surface area contributed by atoms with Crippen molar-refractivity contribution in [3.8, 4) is 0 Å². The number of benzene rings is 2. The Morgan fingerprint density at radius 2 is 1.70 bits per heavy atom. The number of carboxylic acids is 1. The average molecular weight is 288 g/mol. The third-order valence-electron chi connectivity index (χ3n) is 3.26. The molecule has 0 heterocycles. The highest BCUT2D eigenvalue weighted by molar-refractivity contribution is 7.84. The van der Waals surface area contributed by atoms with Crippen LogP contribution in [0.1, 0.15) is 27.0 Å². The zero-order chi connectivity index (χ0) is 14.7. The van der Waals surface area contributed by atoms with Crippen LogP contribution in [-0.4, -0.2) is 15.3 Å². The normalized spacial score (nSPS) is 12.1. The van der Waals surface area contributed by atoms with Crippen LogP contribution in [-0.2, 0) is 16.6 Å². The monoisotopic (exact) mass is 288 g/mol. The largest absolute Gasteiger partial charge is 0.478 e. The van der Waals surface area contributed by atoms with Gasteiger partial charge in [-0.1, -0.05) is 24.3 Å². The van der Waals surface area contributed by atoms with Crippen LogP contribution in [0.2, 0.25) is 0 Å². The molecule has 104 valence electrons. The zero-order valence-electron chi connectivity index (χ0n) is 11.4. The maximum atomic E-state index is 12.4. The lowest BCUT2D eigenvalue weighted by atomic mass is 10.1. The maximum absolute atomic E-state index is 12.4. The van der Waals surface area contributed by atoms with Crippen molar-refractivity contribution in [2.24, 2.45) is 0 Å². The van der Waals surface area contributed by atoms with Crippen molar-refractivity contribution < 1.29 is 14.1 Å². The minimum absolute atomic E-state index is 0.164. The van der Waals surface area contributed by atoms with Crippen LogP contribution in [0.5, 0.6) is 0 Å². The molecule has 0 spiro atoms. The standard InChI is InChI=1S/C16H16O3S/c1-11-5-3-6-12(2)15(11)10-20(19)14-8-4-7-13(9-14)16(17)18/h3-9H,10H2,1-2H3,(H,17,18). The van der Waals surface area contributed by atoms with Crippen molar-refractivity contribution in [1.82, 2.24) is 0 Å². The lowest BCUT2D eigenvalue weighted by Crippen LogP contribution is -2.03. The van der Waals surface area contributed by atoms with E-state index in [1.54, 1.807) is 12.1 Å². The highest BCUT2D eigenvalue weighted by atomic mass is 32.2. The topological polar surface area (TPSA) is 54.4 Å². The van der Waals surface area contributed by atoms with Crippen LogP contribution < -0.4 is 0 Å². The number of hydrogen-bond acceptors (Lipinski definition) is 2. The number of aryl methyl sites for hydroxylation is 2. The molecule has 0 aliphatic rings. The van der Waals surface area contributed by atoms with Gasteiger partial charge in [0.25, 0.3) is 0 Å². The molecule has 0 aromatic heterocycles. The molecule has 2 aromatic carbocycles. The first-order chi connectivity index (χ1) is 9.49. The van der Waals surface area contributed by atoms with E-state index in [0.717, 1.165) is 16.7 Å². The summed E-state index contributed by atoms with van der Waals surface area (Å²) in [4.78, 5) is 11.5. The van der Waals surface area contributed by atoms with Crippen molar-refractivity contribution in [2.75, 3.05) is 0 Å². The van der Waals surface area contributed by atoms with Gasteiger partial charge in [0.05, 0.1) is 22.1 Å². The summed E-state index contributed by atoms with van der Waals surface area (Å²) in [5.41, 5.74) is 3.43. The summed E-state index contributed by atoms with van der Waals surface area (Å²) >= 11 is 0. The number of rotatable bonds is 4. The Morgan fingerprint density at radius 3 is 2.30 bits per heavy atom. The predicted molar refractivity (Wildman–Crippen MR) is 79.4 cm³/mol. The van der Waals surface area contributed by atoms with Crippen molar-refractivity contribution in [1.29, 1.82) is 0 Å². The second-order valence-electron chi connectivity index (χ2n) is 4.69. The zero-order valence-corrected chi connectivity index (χ0v) is 12.2. The van der Waals surface area contributed by atoms with Crippen LogP contribution in [0.4, 0.5) is 0 Å². The van der Waals surface area contributed by atoms with E-state index in [-0.39, 0.29) is 5.56 Å². The molecule has 2 rings (SSSR count). The molecule has 1 atom stereocenters. The number of hydrogen-bond donors (Lipinski definition) is 1. The third-order valence-corrected chi connectivity index (χ3v) is 4.59. The van der Waals surface area contributed by atoms with Crippen LogP contribution in [0.3, 0.4) is 0 Å². The molecule has 4 heteroatoms. The Bertz CT molecular complexity index is 657. The van der Waals surface area contributed by atoms with Gasteiger partial charge in [0.2, 0.25) is 0 Å². The van der Waals surface area contributed by atoms with Gasteiger partial charge >= 0.3 is 5.97 Å². The van der Waals surface area contributed by atoms with Crippen molar-refractivity contribution in [3.63, 3.8) is 0 Å². The van der Waals surface area contributed by atoms with Gasteiger partial charge in [-0.15, -0.1) is 0 Å². The first-order valence-corrected chi connectivity index (χ1v) is 7.58. The molecule has 1 unspecified atom stereocenters. The SMILES string of the molecule is Cc1cccc(C)c1CS(=O)c1cccc(C(=O)O)c1. The molecule has 20 heavy (non-hydrogen) atoms. The number of carbonyl (C=O) groups is 1. The summed E-state index contributed by atoms with van der Waals surface area (Å²) < 4.78 is 12.4. The van der Waals surface area contributed by atoms with Gasteiger partial charge in [0.1, 0.15) is 0 Å². The molecule has 0 aliphatic carbocycles. The van der Waals surface area contributed by atoms with Crippen LogP contribution in [0, 0.1) is 13.8 Å². The molecule has 0 aliphatic heterocycles. The van der Waals surface area contributed by atoms with Gasteiger partial charge in [-0.25, -0.2) is 4.79 Å². The molecule has 0 radical (unpaired) electrons. The van der Waals surface area contributed by atoms with Crippen molar-refractivity contribution in [3.05, 3.63) is 64.7 Å². The third kappa shape index (κ3) is 3.14. The van der Waals surface area contributed by atoms with Gasteiger partial charge < -0.3 is 5.11 Å². The molecule has 3 nitrogen and oxygen atoms in total.